The highest BCUT2D eigenvalue weighted by molar-refractivity contribution is 7.48. The van der Waals surface area contributed by atoms with Crippen LogP contribution in [-0.2, 0) is 32.3 Å². The fraction of sp³-hybridized carbons (Fsp3) is 0.842. The first-order valence-corrected chi connectivity index (χ1v) is 12.5. The van der Waals surface area contributed by atoms with Crippen molar-refractivity contribution in [1.29, 1.82) is 0 Å². The molecule has 0 aromatic rings. The van der Waals surface area contributed by atoms with Crippen LogP contribution in [0.15, 0.2) is 9.98 Å². The van der Waals surface area contributed by atoms with E-state index >= 15 is 0 Å². The number of hydrogen-bond acceptors (Lipinski definition) is 13. The average Bonchev–Trinajstić information content (AvgIpc) is 3.23. The molecule has 14 heteroatoms. The van der Waals surface area contributed by atoms with Gasteiger partial charge in [-0.05, 0) is 34.6 Å². The van der Waals surface area contributed by atoms with Gasteiger partial charge < -0.3 is 19.9 Å². The minimum absolute atomic E-state index is 0.0709. The van der Waals surface area contributed by atoms with Crippen LogP contribution >= 0.6 is 7.82 Å². The first kappa shape index (κ1) is 25.9. The van der Waals surface area contributed by atoms with Crippen molar-refractivity contribution in [2.45, 2.75) is 78.2 Å². The number of nitrogens with zero attached hydrogens (tertiary/aromatic N) is 3. The van der Waals surface area contributed by atoms with E-state index < -0.39 is 33.0 Å². The second-order valence-corrected chi connectivity index (χ2v) is 9.95. The predicted molar refractivity (Wildman–Crippen MR) is 118 cm³/mol. The zero-order valence-corrected chi connectivity index (χ0v) is 20.7. The van der Waals surface area contributed by atoms with Gasteiger partial charge in [-0.1, -0.05) is 6.92 Å². The number of amidine groups is 2. The van der Waals surface area contributed by atoms with E-state index in [0.29, 0.717) is 18.2 Å². The number of phosphoric ester groups is 1. The summed E-state index contributed by atoms with van der Waals surface area (Å²) in [6.07, 6.45) is -2.81. The molecule has 0 aromatic carbocycles. The molecule has 0 aliphatic carbocycles. The first-order chi connectivity index (χ1) is 15.5. The van der Waals surface area contributed by atoms with Crippen molar-refractivity contribution >= 4 is 25.6 Å². The summed E-state index contributed by atoms with van der Waals surface area (Å²) in [4.78, 5) is 20.3. The van der Waals surface area contributed by atoms with Crippen LogP contribution < -0.4 is 11.2 Å². The van der Waals surface area contributed by atoms with E-state index in [1.54, 1.807) is 20.8 Å². The lowest BCUT2D eigenvalue weighted by molar-refractivity contribution is -0.0363. The number of ether oxygens (including phenoxy) is 3. The molecule has 3 N–H and O–H groups in total. The second kappa shape index (κ2) is 10.7. The van der Waals surface area contributed by atoms with E-state index in [2.05, 4.69) is 15.4 Å². The van der Waals surface area contributed by atoms with Gasteiger partial charge in [-0.3, -0.25) is 19.0 Å². The number of hydrazine groups is 1. The highest BCUT2D eigenvalue weighted by atomic mass is 31.2. The molecule has 0 amide bonds. The standard InChI is InChI=1S/C19H34N5O8P/c1-7-28-33(26,29-9-27-19(25)30-10(2)3)32-15-11(4)16(31-12(15)5)14-8-21-18-17(20)22-13(6)23-24(14)18/h10-16,23H,7-9H2,1-6H3,(H2,20,22)/t11-,12?,13?,14?,15-,16+,33?/m0/s1. The first-order valence-electron chi connectivity index (χ1n) is 11.0. The van der Waals surface area contributed by atoms with Gasteiger partial charge >= 0.3 is 14.0 Å². The fourth-order valence-corrected chi connectivity index (χ4v) is 5.42. The van der Waals surface area contributed by atoms with Crippen LogP contribution in [0.4, 0.5) is 4.79 Å². The molecule has 7 atom stereocenters. The number of fused-ring (bicyclic) bond motifs is 1. The molecule has 188 valence electrons. The molecule has 33 heavy (non-hydrogen) atoms. The Kier molecular flexibility index (Phi) is 8.35. The molecular formula is C19H34N5O8P. The second-order valence-electron chi connectivity index (χ2n) is 8.33. The smallest absolute Gasteiger partial charge is 0.432 e. The summed E-state index contributed by atoms with van der Waals surface area (Å²) in [5.74, 6) is 0.765. The van der Waals surface area contributed by atoms with Gasteiger partial charge in [0.15, 0.2) is 11.7 Å². The van der Waals surface area contributed by atoms with Crippen molar-refractivity contribution in [3.8, 4) is 0 Å². The Balaban J connectivity index is 1.63. The Morgan fingerprint density at radius 3 is 2.73 bits per heavy atom. The number of carbonyl (C=O) groups excluding carboxylic acids is 1. The monoisotopic (exact) mass is 491 g/mol. The van der Waals surface area contributed by atoms with E-state index in [-0.39, 0.29) is 36.9 Å². The predicted octanol–water partition coefficient (Wildman–Crippen LogP) is 1.78. The Bertz CT molecular complexity index is 824. The molecule has 1 saturated heterocycles. The third-order valence-electron chi connectivity index (χ3n) is 5.38. The van der Waals surface area contributed by atoms with Gasteiger partial charge in [-0.2, -0.15) is 0 Å². The normalized spacial score (nSPS) is 33.4. The van der Waals surface area contributed by atoms with Crippen molar-refractivity contribution in [2.24, 2.45) is 21.6 Å². The lowest BCUT2D eigenvalue weighted by Crippen LogP contribution is -2.60. The quantitative estimate of drug-likeness (QED) is 0.275. The number of rotatable bonds is 9. The molecule has 3 heterocycles. The lowest BCUT2D eigenvalue weighted by atomic mass is 9.94. The highest BCUT2D eigenvalue weighted by Crippen LogP contribution is 2.53. The molecule has 0 radical (unpaired) electrons. The van der Waals surface area contributed by atoms with Crippen molar-refractivity contribution in [2.75, 3.05) is 19.9 Å². The van der Waals surface area contributed by atoms with Crippen molar-refractivity contribution in [1.82, 2.24) is 10.4 Å². The molecular weight excluding hydrogens is 457 g/mol. The summed E-state index contributed by atoms with van der Waals surface area (Å²) in [6.45, 7) is 10.6. The van der Waals surface area contributed by atoms with E-state index in [1.165, 1.54) is 0 Å². The van der Waals surface area contributed by atoms with Crippen LogP contribution in [0.2, 0.25) is 0 Å². The number of carbonyl (C=O) groups is 1. The van der Waals surface area contributed by atoms with Gasteiger partial charge in [0.05, 0.1) is 37.5 Å². The van der Waals surface area contributed by atoms with Crippen molar-refractivity contribution in [3.63, 3.8) is 0 Å². The molecule has 3 aliphatic heterocycles. The van der Waals surface area contributed by atoms with Crippen LogP contribution in [0.3, 0.4) is 0 Å². The summed E-state index contributed by atoms with van der Waals surface area (Å²) in [7, 11) is -4.05. The maximum absolute atomic E-state index is 13.2. The molecule has 3 rings (SSSR count). The number of nitrogens with two attached hydrogens (primary N) is 1. The zero-order chi connectivity index (χ0) is 24.3. The van der Waals surface area contributed by atoms with Gasteiger partial charge in [-0.25, -0.2) is 24.3 Å². The largest absolute Gasteiger partial charge is 0.510 e. The minimum atomic E-state index is -4.05. The summed E-state index contributed by atoms with van der Waals surface area (Å²) in [5.41, 5.74) is 9.28. The van der Waals surface area contributed by atoms with E-state index in [0.717, 1.165) is 0 Å². The molecule has 0 spiro atoms. The molecule has 13 nitrogen and oxygen atoms in total. The number of aliphatic imine (C=N–C) groups is 2. The Labute approximate surface area is 193 Å². The molecule has 1 fully saturated rings. The maximum atomic E-state index is 13.2. The van der Waals surface area contributed by atoms with Crippen LogP contribution in [0, 0.1) is 5.92 Å². The van der Waals surface area contributed by atoms with E-state index in [9.17, 15) is 9.36 Å². The third-order valence-corrected chi connectivity index (χ3v) is 6.88. The topological polar surface area (TPSA) is 156 Å². The summed E-state index contributed by atoms with van der Waals surface area (Å²) in [5, 5.41) is 1.88. The average molecular weight is 491 g/mol. The lowest BCUT2D eigenvalue weighted by Gasteiger charge is -2.36. The molecule has 0 aromatic heterocycles. The van der Waals surface area contributed by atoms with Crippen LogP contribution in [0.25, 0.3) is 0 Å². The van der Waals surface area contributed by atoms with E-state index in [1.807, 2.05) is 25.8 Å². The molecule has 0 saturated carbocycles. The van der Waals surface area contributed by atoms with Gasteiger partial charge in [0.2, 0.25) is 6.79 Å². The number of hydrogen-bond donors (Lipinski definition) is 2. The SMILES string of the molecule is CCOP(=O)(OCOC(=O)OC(C)C)O[C@@H]1C(C)O[C@@H](C2CN=C3C(N)=NC(C)NN32)[C@H]1C. The Morgan fingerprint density at radius 1 is 1.33 bits per heavy atom. The summed E-state index contributed by atoms with van der Waals surface area (Å²) in [6, 6.07) is -0.149. The molecule has 3 aliphatic rings. The van der Waals surface area contributed by atoms with E-state index in [4.69, 9.17) is 33.5 Å². The summed E-state index contributed by atoms with van der Waals surface area (Å²) < 4.78 is 45.3. The van der Waals surface area contributed by atoms with Crippen LogP contribution in [-0.4, -0.2) is 79.4 Å². The minimum Gasteiger partial charge on any atom is -0.432 e. The van der Waals surface area contributed by atoms with Crippen LogP contribution in [0.5, 0.6) is 0 Å². The van der Waals surface area contributed by atoms with Crippen LogP contribution in [0.1, 0.15) is 41.5 Å². The fourth-order valence-electron chi connectivity index (χ4n) is 4.06. The number of phosphoric acid groups is 1. The van der Waals surface area contributed by atoms with Gasteiger partial charge in [0.25, 0.3) is 0 Å². The summed E-state index contributed by atoms with van der Waals surface area (Å²) >= 11 is 0. The van der Waals surface area contributed by atoms with Gasteiger partial charge in [0.1, 0.15) is 12.3 Å². The number of nitrogens with one attached hydrogen (secondary N) is 1. The molecule has 4 unspecified atom stereocenters. The van der Waals surface area contributed by atoms with Gasteiger partial charge in [0, 0.05) is 5.92 Å². The maximum Gasteiger partial charge on any atom is 0.510 e. The van der Waals surface area contributed by atoms with Crippen molar-refractivity contribution in [3.05, 3.63) is 0 Å². The Morgan fingerprint density at radius 2 is 2.06 bits per heavy atom. The highest BCUT2D eigenvalue weighted by Gasteiger charge is 2.51. The molecule has 0 bridgehead atoms. The Hall–Kier alpha value is -1.76. The third kappa shape index (κ3) is 6.03. The van der Waals surface area contributed by atoms with Crippen molar-refractivity contribution < 1.29 is 37.1 Å². The zero-order valence-electron chi connectivity index (χ0n) is 19.8. The van der Waals surface area contributed by atoms with Gasteiger partial charge in [-0.15, -0.1) is 0 Å².